The molecule has 2 aromatic carbocycles. The molecular formula is C21H23N5O3S. The van der Waals surface area contributed by atoms with Crippen LogP contribution in [0.3, 0.4) is 0 Å². The van der Waals surface area contributed by atoms with Gasteiger partial charge in [-0.25, -0.2) is 0 Å². The molecule has 0 aromatic heterocycles. The summed E-state index contributed by atoms with van der Waals surface area (Å²) < 4.78 is 6.66. The standard InChI is InChI=1S/C21H23N5O3S/c1-4-11-22-20(30)24-23-13-16-7-5-6-8-19(16)29-14-15-9-10-17-18(12-15)26(28)21(2,3)25(17)27/h4-10,12-13H,1,11,14H2,2-3H3,(H2,22,24,30)/b23-13-. The molecule has 1 aliphatic rings. The van der Waals surface area contributed by atoms with Crippen LogP contribution in [0.25, 0.3) is 0 Å². The summed E-state index contributed by atoms with van der Waals surface area (Å²) in [5.74, 6) is 0.623. The van der Waals surface area contributed by atoms with Crippen LogP contribution >= 0.6 is 12.2 Å². The lowest BCUT2D eigenvalue weighted by Crippen LogP contribution is -2.41. The van der Waals surface area contributed by atoms with Crippen molar-refractivity contribution in [2.45, 2.75) is 26.1 Å². The fourth-order valence-corrected chi connectivity index (χ4v) is 3.05. The topological polar surface area (TPSA) is 92.0 Å². The van der Waals surface area contributed by atoms with Crippen LogP contribution in [-0.4, -0.2) is 28.3 Å². The van der Waals surface area contributed by atoms with E-state index in [1.165, 1.54) is 0 Å². The average Bonchev–Trinajstić information content (AvgIpc) is 2.91. The molecule has 2 aromatic rings. The predicted molar refractivity (Wildman–Crippen MR) is 122 cm³/mol. The first-order valence-corrected chi connectivity index (χ1v) is 9.72. The minimum Gasteiger partial charge on any atom is -0.753 e. The van der Waals surface area contributed by atoms with Gasteiger partial charge in [0.1, 0.15) is 18.0 Å². The van der Waals surface area contributed by atoms with E-state index >= 15 is 0 Å². The highest BCUT2D eigenvalue weighted by molar-refractivity contribution is 7.80. The van der Waals surface area contributed by atoms with E-state index < -0.39 is 5.66 Å². The van der Waals surface area contributed by atoms with Crippen molar-refractivity contribution in [3.05, 3.63) is 76.4 Å². The molecule has 0 aliphatic carbocycles. The molecule has 0 fully saturated rings. The minimum absolute atomic E-state index is 0.234. The van der Waals surface area contributed by atoms with Gasteiger partial charge in [0, 0.05) is 36.9 Å². The van der Waals surface area contributed by atoms with E-state index in [4.69, 9.17) is 17.0 Å². The Morgan fingerprint density at radius 1 is 1.37 bits per heavy atom. The van der Waals surface area contributed by atoms with E-state index in [0.717, 1.165) is 21.0 Å². The average molecular weight is 426 g/mol. The summed E-state index contributed by atoms with van der Waals surface area (Å²) >= 11 is 5.09. The number of hydrogen-bond acceptors (Lipinski definition) is 6. The molecule has 2 N–H and O–H groups in total. The molecular weight excluding hydrogens is 402 g/mol. The molecule has 0 spiro atoms. The Balaban J connectivity index is 1.68. The number of nitrogens with zero attached hydrogens (tertiary/aromatic N) is 3. The van der Waals surface area contributed by atoms with E-state index in [1.807, 2.05) is 24.3 Å². The van der Waals surface area contributed by atoms with E-state index in [-0.39, 0.29) is 6.61 Å². The second-order valence-electron chi connectivity index (χ2n) is 7.10. The van der Waals surface area contributed by atoms with Crippen LogP contribution in [0.5, 0.6) is 5.75 Å². The Labute approximate surface area is 180 Å². The number of benzene rings is 2. The number of nitrogens with one attached hydrogen (secondary N) is 2. The number of para-hydroxylation sites is 1. The van der Waals surface area contributed by atoms with Crippen LogP contribution in [0, 0.1) is 10.1 Å². The third-order valence-corrected chi connectivity index (χ3v) is 4.80. The number of thiocarbonyl (C=S) groups is 1. The molecule has 0 saturated heterocycles. The quantitative estimate of drug-likeness (QED) is 0.230. The molecule has 1 heterocycles. The van der Waals surface area contributed by atoms with Crippen molar-refractivity contribution in [1.29, 1.82) is 0 Å². The van der Waals surface area contributed by atoms with Gasteiger partial charge in [-0.3, -0.25) is 5.43 Å². The van der Waals surface area contributed by atoms with Crippen LogP contribution < -0.4 is 20.5 Å². The summed E-state index contributed by atoms with van der Waals surface area (Å²) in [4.78, 5) is 12.3. The van der Waals surface area contributed by atoms with Crippen LogP contribution in [0.4, 0.5) is 11.4 Å². The molecule has 3 rings (SSSR count). The Kier molecular flexibility index (Phi) is 6.43. The lowest BCUT2D eigenvalue weighted by atomic mass is 10.2. The molecule has 156 valence electrons. The zero-order valence-corrected chi connectivity index (χ0v) is 17.6. The number of fused-ring (bicyclic) bond motifs is 1. The van der Waals surface area contributed by atoms with Crippen molar-refractivity contribution in [3.8, 4) is 5.75 Å². The van der Waals surface area contributed by atoms with E-state index in [9.17, 15) is 10.1 Å². The fraction of sp³-hybridized carbons (Fsp3) is 0.238. The zero-order chi connectivity index (χ0) is 21.7. The molecule has 0 atom stereocenters. The van der Waals surface area contributed by atoms with E-state index in [0.29, 0.717) is 28.8 Å². The highest BCUT2D eigenvalue weighted by atomic mass is 32.1. The van der Waals surface area contributed by atoms with Gasteiger partial charge >= 0.3 is 0 Å². The van der Waals surface area contributed by atoms with Crippen molar-refractivity contribution >= 4 is 34.9 Å². The summed E-state index contributed by atoms with van der Waals surface area (Å²) in [5, 5.41) is 20.6. The number of anilines is 1. The molecule has 9 heteroatoms. The first kappa shape index (κ1) is 21.4. The highest BCUT2D eigenvalue weighted by Crippen LogP contribution is 2.43. The van der Waals surface area contributed by atoms with Gasteiger partial charge in [0.15, 0.2) is 5.11 Å². The smallest absolute Gasteiger partial charge is 0.281 e. The molecule has 0 amide bonds. The summed E-state index contributed by atoms with van der Waals surface area (Å²) in [6.45, 7) is 7.57. The normalized spacial score (nSPS) is 14.5. The molecule has 0 bridgehead atoms. The maximum absolute atomic E-state index is 12.4. The summed E-state index contributed by atoms with van der Waals surface area (Å²) in [6.07, 6.45) is 3.30. The summed E-state index contributed by atoms with van der Waals surface area (Å²) in [7, 11) is 0. The largest absolute Gasteiger partial charge is 0.753 e. The summed E-state index contributed by atoms with van der Waals surface area (Å²) in [6, 6.07) is 12.5. The van der Waals surface area contributed by atoms with Crippen molar-refractivity contribution < 1.29 is 9.50 Å². The second kappa shape index (κ2) is 9.02. The van der Waals surface area contributed by atoms with Gasteiger partial charge in [-0.1, -0.05) is 18.2 Å². The number of ether oxygens (including phenoxy) is 1. The predicted octanol–water partition coefficient (Wildman–Crippen LogP) is 3.71. The number of hydrogen-bond donors (Lipinski definition) is 2. The Morgan fingerprint density at radius 2 is 2.13 bits per heavy atom. The Morgan fingerprint density at radius 3 is 2.90 bits per heavy atom. The fourth-order valence-electron chi connectivity index (χ4n) is 2.91. The lowest BCUT2D eigenvalue weighted by Gasteiger charge is -2.30. The number of hydroxylamine groups is 1. The van der Waals surface area contributed by atoms with Crippen LogP contribution in [0.2, 0.25) is 0 Å². The number of hydrazone groups is 1. The van der Waals surface area contributed by atoms with Gasteiger partial charge in [-0.05, 0) is 42.0 Å². The third kappa shape index (κ3) is 4.47. The SMILES string of the molecule is C=CCNC(=S)N/N=C\c1ccccc1OCc1ccc2c(c1)N([O-])C(C)(C)[N+]2=O. The van der Waals surface area contributed by atoms with Gasteiger partial charge < -0.3 is 20.3 Å². The van der Waals surface area contributed by atoms with Crippen molar-refractivity contribution in [3.63, 3.8) is 0 Å². The highest BCUT2D eigenvalue weighted by Gasteiger charge is 2.48. The Hall–Kier alpha value is -3.30. The second-order valence-corrected chi connectivity index (χ2v) is 7.51. The molecule has 30 heavy (non-hydrogen) atoms. The Bertz CT molecular complexity index is 1010. The minimum atomic E-state index is -1.17. The van der Waals surface area contributed by atoms with Crippen LogP contribution in [-0.2, 0) is 6.61 Å². The lowest BCUT2D eigenvalue weighted by molar-refractivity contribution is -0.532. The van der Waals surface area contributed by atoms with E-state index in [2.05, 4.69) is 22.4 Å². The van der Waals surface area contributed by atoms with Crippen molar-refractivity contribution in [2.75, 3.05) is 11.6 Å². The van der Waals surface area contributed by atoms with Crippen molar-refractivity contribution in [1.82, 2.24) is 10.7 Å². The third-order valence-electron chi connectivity index (χ3n) is 4.56. The first-order chi connectivity index (χ1) is 14.3. The molecule has 0 saturated carbocycles. The number of rotatable bonds is 7. The first-order valence-electron chi connectivity index (χ1n) is 9.32. The molecule has 8 nitrogen and oxygen atoms in total. The van der Waals surface area contributed by atoms with Crippen LogP contribution in [0.1, 0.15) is 25.0 Å². The maximum atomic E-state index is 12.4. The maximum Gasteiger partial charge on any atom is 0.281 e. The monoisotopic (exact) mass is 425 g/mol. The van der Waals surface area contributed by atoms with Crippen LogP contribution in [0.15, 0.2) is 60.2 Å². The van der Waals surface area contributed by atoms with Crippen molar-refractivity contribution in [2.24, 2.45) is 5.10 Å². The van der Waals surface area contributed by atoms with Gasteiger partial charge in [0.2, 0.25) is 0 Å². The number of nitroso groups, excluding NO2 is 1. The zero-order valence-electron chi connectivity index (χ0n) is 16.8. The van der Waals surface area contributed by atoms with Gasteiger partial charge in [0.25, 0.3) is 11.4 Å². The van der Waals surface area contributed by atoms with Gasteiger partial charge in [0.05, 0.1) is 11.0 Å². The molecule has 1 aliphatic heterocycles. The molecule has 0 radical (unpaired) electrons. The van der Waals surface area contributed by atoms with Gasteiger partial charge in [-0.2, -0.15) is 5.10 Å². The summed E-state index contributed by atoms with van der Waals surface area (Å²) in [5.41, 5.74) is 3.80. The molecule has 0 unspecified atom stereocenters. The van der Waals surface area contributed by atoms with E-state index in [1.54, 1.807) is 44.3 Å². The van der Waals surface area contributed by atoms with Gasteiger partial charge in [-0.15, -0.1) is 6.58 Å².